The minimum Gasteiger partial charge on any atom is -0.459 e. The van der Waals surface area contributed by atoms with E-state index in [1.807, 2.05) is 45.0 Å². The average molecular weight is 497 g/mol. The third-order valence-corrected chi connectivity index (χ3v) is 4.16. The third kappa shape index (κ3) is 5.70. The number of furan rings is 1. The summed E-state index contributed by atoms with van der Waals surface area (Å²) >= 11 is 0. The van der Waals surface area contributed by atoms with Crippen LogP contribution in [0.25, 0.3) is 11.0 Å². The Bertz CT molecular complexity index is 870. The number of halogens is 1. The van der Waals surface area contributed by atoms with Crippen LogP contribution in [-0.4, -0.2) is 29.2 Å². The van der Waals surface area contributed by atoms with Crippen LogP contribution >= 0.6 is 24.0 Å². The third-order valence-electron chi connectivity index (χ3n) is 4.16. The quantitative estimate of drug-likeness (QED) is 0.286. The summed E-state index contributed by atoms with van der Waals surface area (Å²) in [6.07, 6.45) is 0.606. The minimum absolute atomic E-state index is 0. The van der Waals surface area contributed by atoms with E-state index < -0.39 is 0 Å². The molecule has 1 aromatic carbocycles. The maximum atomic E-state index is 5.93. The predicted octanol–water partition coefficient (Wildman–Crippen LogP) is 4.42. The Labute approximate surface area is 182 Å². The van der Waals surface area contributed by atoms with Crippen LogP contribution in [0.3, 0.4) is 0 Å². The van der Waals surface area contributed by atoms with Gasteiger partial charge < -0.3 is 19.6 Å². The average Bonchev–Trinajstić information content (AvgIpc) is 3.28. The molecule has 1 atom stereocenters. The summed E-state index contributed by atoms with van der Waals surface area (Å²) in [5.74, 6) is 3.21. The summed E-state index contributed by atoms with van der Waals surface area (Å²) in [5.41, 5.74) is 0.889. The van der Waals surface area contributed by atoms with E-state index in [1.165, 1.54) is 0 Å². The smallest absolute Gasteiger partial charge is 0.228 e. The number of nitrogens with zero attached hydrogens (tertiary/aromatic N) is 3. The second-order valence-corrected chi connectivity index (χ2v) is 6.76. The van der Waals surface area contributed by atoms with Gasteiger partial charge in [0.05, 0.1) is 12.6 Å². The molecule has 3 aromatic rings. The molecule has 0 saturated carbocycles. The summed E-state index contributed by atoms with van der Waals surface area (Å²) in [7, 11) is 0. The molecule has 3 rings (SSSR count). The van der Waals surface area contributed by atoms with Crippen LogP contribution in [-0.2, 0) is 6.42 Å². The molecule has 0 aliphatic rings. The first-order chi connectivity index (χ1) is 13.1. The van der Waals surface area contributed by atoms with Crippen LogP contribution in [0.5, 0.6) is 0 Å². The highest BCUT2D eigenvalue weighted by Crippen LogP contribution is 2.23. The molecule has 0 spiro atoms. The Kier molecular flexibility index (Phi) is 8.28. The SMILES string of the molecule is CCNC(=NCCc1nc(C(C)C)no1)NC(C)c1cc2ccccc2o1.I. The van der Waals surface area contributed by atoms with E-state index in [4.69, 9.17) is 8.94 Å². The fourth-order valence-corrected chi connectivity index (χ4v) is 2.68. The maximum Gasteiger partial charge on any atom is 0.228 e. The molecule has 0 radical (unpaired) electrons. The summed E-state index contributed by atoms with van der Waals surface area (Å²) in [6, 6.07) is 10.0. The molecule has 8 heteroatoms. The number of guanidine groups is 1. The first-order valence-electron chi connectivity index (χ1n) is 9.42. The van der Waals surface area contributed by atoms with Crippen molar-refractivity contribution in [2.45, 2.75) is 46.1 Å². The molecule has 0 aliphatic carbocycles. The lowest BCUT2D eigenvalue weighted by Crippen LogP contribution is -2.38. The fraction of sp³-hybridized carbons (Fsp3) is 0.450. The van der Waals surface area contributed by atoms with Gasteiger partial charge >= 0.3 is 0 Å². The van der Waals surface area contributed by atoms with Gasteiger partial charge in [0.1, 0.15) is 11.3 Å². The number of hydrogen-bond acceptors (Lipinski definition) is 5. The summed E-state index contributed by atoms with van der Waals surface area (Å²) < 4.78 is 11.2. The van der Waals surface area contributed by atoms with Gasteiger partial charge in [0, 0.05) is 24.3 Å². The molecule has 2 N–H and O–H groups in total. The number of nitrogens with one attached hydrogen (secondary N) is 2. The van der Waals surface area contributed by atoms with Crippen molar-refractivity contribution < 1.29 is 8.94 Å². The largest absolute Gasteiger partial charge is 0.459 e. The Morgan fingerprint density at radius 2 is 2.00 bits per heavy atom. The van der Waals surface area contributed by atoms with Gasteiger partial charge in [0.2, 0.25) is 5.89 Å². The molecule has 152 valence electrons. The molecular formula is C20H28IN5O2. The number of benzene rings is 1. The number of rotatable bonds is 7. The lowest BCUT2D eigenvalue weighted by molar-refractivity contribution is 0.372. The molecule has 7 nitrogen and oxygen atoms in total. The van der Waals surface area contributed by atoms with Gasteiger partial charge in [-0.05, 0) is 26.0 Å². The van der Waals surface area contributed by atoms with E-state index in [1.54, 1.807) is 0 Å². The zero-order valence-corrected chi connectivity index (χ0v) is 19.1. The molecule has 2 aromatic heterocycles. The van der Waals surface area contributed by atoms with Crippen molar-refractivity contribution in [3.05, 3.63) is 47.8 Å². The predicted molar refractivity (Wildman–Crippen MR) is 121 cm³/mol. The first kappa shape index (κ1) is 22.2. The monoisotopic (exact) mass is 497 g/mol. The second-order valence-electron chi connectivity index (χ2n) is 6.76. The van der Waals surface area contributed by atoms with Gasteiger partial charge in [0.25, 0.3) is 0 Å². The number of fused-ring (bicyclic) bond motifs is 1. The molecule has 0 saturated heterocycles. The van der Waals surface area contributed by atoms with Crippen LogP contribution in [0.15, 0.2) is 44.3 Å². The van der Waals surface area contributed by atoms with E-state index in [0.717, 1.165) is 35.1 Å². The number of aliphatic imine (C=N–C) groups is 1. The fourth-order valence-electron chi connectivity index (χ4n) is 2.68. The van der Waals surface area contributed by atoms with Crippen molar-refractivity contribution >= 4 is 40.9 Å². The van der Waals surface area contributed by atoms with Gasteiger partial charge in [-0.2, -0.15) is 4.98 Å². The summed E-state index contributed by atoms with van der Waals surface area (Å²) in [6.45, 7) is 9.50. The van der Waals surface area contributed by atoms with Crippen LogP contribution in [0.1, 0.15) is 57.1 Å². The lowest BCUT2D eigenvalue weighted by Gasteiger charge is -2.15. The number of hydrogen-bond donors (Lipinski definition) is 2. The van der Waals surface area contributed by atoms with Crippen molar-refractivity contribution in [1.29, 1.82) is 0 Å². The molecule has 0 fully saturated rings. The zero-order chi connectivity index (χ0) is 19.2. The number of para-hydroxylation sites is 1. The minimum atomic E-state index is -0.00820. The van der Waals surface area contributed by atoms with Crippen LogP contribution in [0, 0.1) is 0 Å². The van der Waals surface area contributed by atoms with Crippen molar-refractivity contribution in [3.63, 3.8) is 0 Å². The molecule has 0 amide bonds. The van der Waals surface area contributed by atoms with Gasteiger partial charge in [-0.3, -0.25) is 4.99 Å². The van der Waals surface area contributed by atoms with Gasteiger partial charge in [-0.1, -0.05) is 37.2 Å². The topological polar surface area (TPSA) is 88.5 Å². The van der Waals surface area contributed by atoms with Gasteiger partial charge in [-0.25, -0.2) is 0 Å². The molecule has 28 heavy (non-hydrogen) atoms. The summed E-state index contributed by atoms with van der Waals surface area (Å²) in [5, 5.41) is 11.7. The molecule has 2 heterocycles. The van der Waals surface area contributed by atoms with Crippen molar-refractivity contribution in [3.8, 4) is 0 Å². The van der Waals surface area contributed by atoms with E-state index in [0.29, 0.717) is 18.9 Å². The first-order valence-corrected chi connectivity index (χ1v) is 9.42. The molecule has 1 unspecified atom stereocenters. The standard InChI is InChI=1S/C20H27N5O2.HI/c1-5-21-20(22-11-10-18-24-19(13(2)3)25-27-18)23-14(4)17-12-15-8-6-7-9-16(15)26-17;/h6-9,12-14H,5,10-11H2,1-4H3,(H2,21,22,23);1H. The highest BCUT2D eigenvalue weighted by atomic mass is 127. The Morgan fingerprint density at radius 1 is 1.21 bits per heavy atom. The number of aromatic nitrogens is 2. The lowest BCUT2D eigenvalue weighted by atomic mass is 10.2. The highest BCUT2D eigenvalue weighted by molar-refractivity contribution is 14.0. The molecule has 0 bridgehead atoms. The van der Waals surface area contributed by atoms with E-state index in [-0.39, 0.29) is 35.9 Å². The van der Waals surface area contributed by atoms with Crippen LogP contribution in [0.4, 0.5) is 0 Å². The van der Waals surface area contributed by atoms with Crippen LogP contribution in [0.2, 0.25) is 0 Å². The zero-order valence-electron chi connectivity index (χ0n) is 16.7. The van der Waals surface area contributed by atoms with E-state index in [9.17, 15) is 0 Å². The normalized spacial score (nSPS) is 12.8. The molecular weight excluding hydrogens is 469 g/mol. The van der Waals surface area contributed by atoms with E-state index in [2.05, 4.69) is 38.8 Å². The Hall–Kier alpha value is -2.10. The molecule has 0 aliphatic heterocycles. The van der Waals surface area contributed by atoms with Gasteiger partial charge in [0.15, 0.2) is 11.8 Å². The van der Waals surface area contributed by atoms with Crippen molar-refractivity contribution in [2.24, 2.45) is 4.99 Å². The summed E-state index contributed by atoms with van der Waals surface area (Å²) in [4.78, 5) is 8.99. The van der Waals surface area contributed by atoms with Crippen molar-refractivity contribution in [2.75, 3.05) is 13.1 Å². The van der Waals surface area contributed by atoms with E-state index >= 15 is 0 Å². The highest BCUT2D eigenvalue weighted by Gasteiger charge is 2.13. The Morgan fingerprint density at radius 3 is 2.68 bits per heavy atom. The maximum absolute atomic E-state index is 5.93. The Balaban J connectivity index is 0.00000280. The second kappa shape index (κ2) is 10.4. The van der Waals surface area contributed by atoms with Crippen molar-refractivity contribution in [1.82, 2.24) is 20.8 Å². The van der Waals surface area contributed by atoms with Crippen LogP contribution < -0.4 is 10.6 Å². The van der Waals surface area contributed by atoms with Gasteiger partial charge in [-0.15, -0.1) is 24.0 Å².